The third kappa shape index (κ3) is 3.13. The molecule has 4 rings (SSSR count). The first kappa shape index (κ1) is 19.1. The smallest absolute Gasteiger partial charge is 0.279 e. The van der Waals surface area contributed by atoms with E-state index in [0.29, 0.717) is 19.4 Å². The van der Waals surface area contributed by atoms with Gasteiger partial charge in [0, 0.05) is 38.4 Å². The lowest BCUT2D eigenvalue weighted by molar-refractivity contribution is 0.307. The molecule has 0 unspecified atom stereocenters. The standard InChI is InChI=1S/C18H25N7O2S/c1-12-8-25(10-18(12,2)9-19)28(26,27)23-13-6-14(7-13)24(3)17-15-4-5-20-16(15)21-11-22-17/h4-5,11-14,23H,6-8,10H2,1-3H3,(H,20,21,22)/t12-,13-,14+,18-/m0/s1. The molecule has 28 heavy (non-hydrogen) atoms. The minimum atomic E-state index is -3.59. The number of anilines is 1. The fraction of sp³-hybridized carbons (Fsp3) is 0.611. The molecule has 1 saturated heterocycles. The maximum atomic E-state index is 12.7. The van der Waals surface area contributed by atoms with Crippen molar-refractivity contribution in [2.45, 2.75) is 38.8 Å². The second kappa shape index (κ2) is 6.69. The zero-order valence-electron chi connectivity index (χ0n) is 16.3. The van der Waals surface area contributed by atoms with Crippen LogP contribution in [-0.4, -0.2) is 59.9 Å². The zero-order valence-corrected chi connectivity index (χ0v) is 17.1. The van der Waals surface area contributed by atoms with Crippen LogP contribution in [0.15, 0.2) is 18.6 Å². The summed E-state index contributed by atoms with van der Waals surface area (Å²) in [4.78, 5) is 13.8. The molecule has 2 aromatic heterocycles. The second-order valence-corrected chi connectivity index (χ2v) is 9.92. The first-order chi connectivity index (χ1) is 13.2. The van der Waals surface area contributed by atoms with Gasteiger partial charge in [0.25, 0.3) is 10.2 Å². The van der Waals surface area contributed by atoms with E-state index >= 15 is 0 Å². The van der Waals surface area contributed by atoms with Crippen molar-refractivity contribution in [1.29, 1.82) is 5.26 Å². The van der Waals surface area contributed by atoms with Crippen molar-refractivity contribution < 1.29 is 8.42 Å². The number of aromatic nitrogens is 3. The van der Waals surface area contributed by atoms with Gasteiger partial charge < -0.3 is 9.88 Å². The predicted molar refractivity (Wildman–Crippen MR) is 106 cm³/mol. The van der Waals surface area contributed by atoms with E-state index in [2.05, 4.69) is 30.6 Å². The summed E-state index contributed by atoms with van der Waals surface area (Å²) >= 11 is 0. The van der Waals surface area contributed by atoms with Crippen molar-refractivity contribution >= 4 is 27.1 Å². The third-order valence-electron chi connectivity index (χ3n) is 6.31. The molecule has 0 spiro atoms. The summed E-state index contributed by atoms with van der Waals surface area (Å²) in [5.74, 6) is 0.853. The van der Waals surface area contributed by atoms with Gasteiger partial charge in [-0.05, 0) is 31.7 Å². The second-order valence-electron chi connectivity index (χ2n) is 8.22. The number of hydrogen-bond acceptors (Lipinski definition) is 6. The predicted octanol–water partition coefficient (Wildman–Crippen LogP) is 1.24. The molecule has 0 amide bonds. The fourth-order valence-corrected chi connectivity index (χ4v) is 5.64. The lowest BCUT2D eigenvalue weighted by Gasteiger charge is -2.42. The number of rotatable bonds is 5. The Morgan fingerprint density at radius 1 is 1.43 bits per heavy atom. The Kier molecular flexibility index (Phi) is 4.56. The van der Waals surface area contributed by atoms with E-state index in [0.717, 1.165) is 16.9 Å². The largest absolute Gasteiger partial charge is 0.356 e. The minimum absolute atomic E-state index is 0.0101. The maximum absolute atomic E-state index is 12.7. The fourth-order valence-electron chi connectivity index (χ4n) is 4.02. The Balaban J connectivity index is 1.38. The Morgan fingerprint density at radius 2 is 2.18 bits per heavy atom. The molecule has 2 aromatic rings. The highest BCUT2D eigenvalue weighted by atomic mass is 32.2. The number of hydrogen-bond donors (Lipinski definition) is 2. The summed E-state index contributed by atoms with van der Waals surface area (Å²) in [6, 6.07) is 4.32. The first-order valence-electron chi connectivity index (χ1n) is 9.43. The lowest BCUT2D eigenvalue weighted by atomic mass is 9.83. The zero-order chi connectivity index (χ0) is 20.1. The lowest BCUT2D eigenvalue weighted by Crippen LogP contribution is -2.55. The molecule has 9 nitrogen and oxygen atoms in total. The molecule has 0 aromatic carbocycles. The monoisotopic (exact) mass is 403 g/mol. The molecule has 10 heteroatoms. The van der Waals surface area contributed by atoms with Gasteiger partial charge in [-0.2, -0.15) is 22.7 Å². The summed E-state index contributed by atoms with van der Waals surface area (Å²) in [5, 5.41) is 10.3. The minimum Gasteiger partial charge on any atom is -0.356 e. The number of nitriles is 1. The Bertz CT molecular complexity index is 1020. The third-order valence-corrected chi connectivity index (χ3v) is 7.90. The van der Waals surface area contributed by atoms with Crippen LogP contribution in [0.2, 0.25) is 0 Å². The highest BCUT2D eigenvalue weighted by Crippen LogP contribution is 2.37. The number of aromatic amines is 1. The van der Waals surface area contributed by atoms with Crippen LogP contribution >= 0.6 is 0 Å². The van der Waals surface area contributed by atoms with Crippen LogP contribution in [-0.2, 0) is 10.2 Å². The van der Waals surface area contributed by atoms with Gasteiger partial charge in [0.2, 0.25) is 0 Å². The van der Waals surface area contributed by atoms with Crippen LogP contribution in [0.1, 0.15) is 26.7 Å². The molecular weight excluding hydrogens is 378 g/mol. The molecule has 150 valence electrons. The van der Waals surface area contributed by atoms with Crippen LogP contribution in [0.25, 0.3) is 11.0 Å². The number of nitrogens with one attached hydrogen (secondary N) is 2. The average Bonchev–Trinajstić information content (AvgIpc) is 3.22. The molecule has 1 aliphatic carbocycles. The Hall–Kier alpha value is -2.22. The van der Waals surface area contributed by atoms with E-state index in [1.54, 1.807) is 0 Å². The molecule has 2 N–H and O–H groups in total. The molecule has 3 heterocycles. The van der Waals surface area contributed by atoms with Crippen LogP contribution in [0.5, 0.6) is 0 Å². The molecule has 0 bridgehead atoms. The highest BCUT2D eigenvalue weighted by Gasteiger charge is 2.46. The molecule has 2 fully saturated rings. The van der Waals surface area contributed by atoms with E-state index in [-0.39, 0.29) is 24.5 Å². The molecular formula is C18H25N7O2S. The van der Waals surface area contributed by atoms with Gasteiger partial charge in [0.15, 0.2) is 0 Å². The van der Waals surface area contributed by atoms with Crippen molar-refractivity contribution in [2.75, 3.05) is 25.0 Å². The van der Waals surface area contributed by atoms with E-state index in [1.807, 2.05) is 33.2 Å². The average molecular weight is 404 g/mol. The quantitative estimate of drug-likeness (QED) is 0.775. The summed E-state index contributed by atoms with van der Waals surface area (Å²) in [7, 11) is -1.61. The van der Waals surface area contributed by atoms with Crippen LogP contribution in [0.3, 0.4) is 0 Å². The van der Waals surface area contributed by atoms with Gasteiger partial charge in [-0.15, -0.1) is 0 Å². The van der Waals surface area contributed by atoms with Crippen molar-refractivity contribution in [2.24, 2.45) is 11.3 Å². The number of nitrogens with zero attached hydrogens (tertiary/aromatic N) is 5. The van der Waals surface area contributed by atoms with Crippen molar-refractivity contribution in [3.8, 4) is 6.07 Å². The highest BCUT2D eigenvalue weighted by molar-refractivity contribution is 7.87. The summed E-state index contributed by atoms with van der Waals surface area (Å²) in [5.41, 5.74) is 0.156. The van der Waals surface area contributed by atoms with E-state index in [4.69, 9.17) is 0 Å². The maximum Gasteiger partial charge on any atom is 0.279 e. The van der Waals surface area contributed by atoms with Gasteiger partial charge in [0.1, 0.15) is 17.8 Å². The topological polar surface area (TPSA) is 118 Å². The summed E-state index contributed by atoms with van der Waals surface area (Å²) in [6.07, 6.45) is 4.79. The van der Waals surface area contributed by atoms with Crippen LogP contribution < -0.4 is 9.62 Å². The van der Waals surface area contributed by atoms with Gasteiger partial charge >= 0.3 is 0 Å². The summed E-state index contributed by atoms with van der Waals surface area (Å²) < 4.78 is 29.7. The number of H-pyrrole nitrogens is 1. The van der Waals surface area contributed by atoms with Crippen molar-refractivity contribution in [3.63, 3.8) is 0 Å². The number of fused-ring (bicyclic) bond motifs is 1. The molecule has 2 atom stereocenters. The van der Waals surface area contributed by atoms with Gasteiger partial charge in [-0.3, -0.25) is 0 Å². The van der Waals surface area contributed by atoms with Crippen molar-refractivity contribution in [3.05, 3.63) is 18.6 Å². The molecule has 2 aliphatic rings. The van der Waals surface area contributed by atoms with Crippen molar-refractivity contribution in [1.82, 2.24) is 24.0 Å². The van der Waals surface area contributed by atoms with Crippen LogP contribution in [0, 0.1) is 22.7 Å². The first-order valence-corrected chi connectivity index (χ1v) is 10.9. The summed E-state index contributed by atoms with van der Waals surface area (Å²) in [6.45, 7) is 4.37. The van der Waals surface area contributed by atoms with Gasteiger partial charge in [-0.1, -0.05) is 6.92 Å². The van der Waals surface area contributed by atoms with Crippen LogP contribution in [0.4, 0.5) is 5.82 Å². The molecule has 0 radical (unpaired) electrons. The Labute approximate surface area is 164 Å². The molecule has 1 saturated carbocycles. The molecule has 1 aliphatic heterocycles. The normalized spacial score (nSPS) is 30.9. The van der Waals surface area contributed by atoms with E-state index in [9.17, 15) is 13.7 Å². The van der Waals surface area contributed by atoms with E-state index in [1.165, 1.54) is 10.6 Å². The van der Waals surface area contributed by atoms with E-state index < -0.39 is 15.6 Å². The Morgan fingerprint density at radius 3 is 2.86 bits per heavy atom. The SMILES string of the molecule is C[C@H]1CN(S(=O)(=O)N[C@H]2C[C@@H](N(C)c3ncnc4[nH]ccc34)C2)C[C@]1(C)C#N. The van der Waals surface area contributed by atoms with Gasteiger partial charge in [0.05, 0.1) is 16.9 Å². The van der Waals surface area contributed by atoms with Gasteiger partial charge in [-0.25, -0.2) is 9.97 Å².